The standard InChI is InChI=1S/C7H6Br2IN/c8-5-1-4(3-11)7(10)6(9)2-5/h1-2H,3,11H2. The van der Waals surface area contributed by atoms with Crippen LogP contribution in [-0.2, 0) is 6.54 Å². The Bertz CT molecular complexity index is 275. The highest BCUT2D eigenvalue weighted by molar-refractivity contribution is 14.1. The molecule has 0 radical (unpaired) electrons. The molecule has 0 saturated heterocycles. The monoisotopic (exact) mass is 389 g/mol. The van der Waals surface area contributed by atoms with Gasteiger partial charge in [0.1, 0.15) is 0 Å². The molecule has 0 aliphatic heterocycles. The Hall–Kier alpha value is 0.870. The molecule has 0 aromatic heterocycles. The molecule has 0 unspecified atom stereocenters. The first kappa shape index (κ1) is 9.95. The van der Waals surface area contributed by atoms with E-state index >= 15 is 0 Å². The van der Waals surface area contributed by atoms with Crippen LogP contribution >= 0.6 is 54.5 Å². The first-order valence-electron chi connectivity index (χ1n) is 2.98. The number of nitrogens with two attached hydrogens (primary N) is 1. The van der Waals surface area contributed by atoms with Crippen molar-refractivity contribution in [2.24, 2.45) is 5.73 Å². The number of hydrogen-bond donors (Lipinski definition) is 1. The maximum absolute atomic E-state index is 5.54. The Balaban J connectivity index is 3.24. The molecule has 0 heterocycles. The van der Waals surface area contributed by atoms with Crippen LogP contribution in [0, 0.1) is 3.57 Å². The summed E-state index contributed by atoms with van der Waals surface area (Å²) in [6, 6.07) is 4.05. The SMILES string of the molecule is NCc1cc(Br)cc(Br)c1I. The summed E-state index contributed by atoms with van der Waals surface area (Å²) in [5.74, 6) is 0. The van der Waals surface area contributed by atoms with Crippen molar-refractivity contribution >= 4 is 54.5 Å². The van der Waals surface area contributed by atoms with Gasteiger partial charge in [-0.15, -0.1) is 0 Å². The van der Waals surface area contributed by atoms with Crippen molar-refractivity contribution in [3.63, 3.8) is 0 Å². The van der Waals surface area contributed by atoms with Crippen LogP contribution < -0.4 is 5.73 Å². The van der Waals surface area contributed by atoms with Crippen LogP contribution in [0.1, 0.15) is 5.56 Å². The summed E-state index contributed by atoms with van der Waals surface area (Å²) in [7, 11) is 0. The molecular weight excluding hydrogens is 385 g/mol. The van der Waals surface area contributed by atoms with Crippen molar-refractivity contribution in [3.05, 3.63) is 30.2 Å². The van der Waals surface area contributed by atoms with E-state index in [4.69, 9.17) is 5.73 Å². The maximum Gasteiger partial charge on any atom is 0.0323 e. The highest BCUT2D eigenvalue weighted by Gasteiger charge is 2.03. The van der Waals surface area contributed by atoms with Crippen LogP contribution in [0.4, 0.5) is 0 Å². The third kappa shape index (κ3) is 2.40. The number of hydrogen-bond acceptors (Lipinski definition) is 1. The van der Waals surface area contributed by atoms with Crippen LogP contribution in [0.15, 0.2) is 21.1 Å². The summed E-state index contributed by atoms with van der Waals surface area (Å²) in [6.45, 7) is 0.580. The molecule has 11 heavy (non-hydrogen) atoms. The first-order chi connectivity index (χ1) is 5.15. The Morgan fingerprint density at radius 2 is 2.00 bits per heavy atom. The Labute approximate surface area is 96.1 Å². The van der Waals surface area contributed by atoms with Crippen LogP contribution in [0.5, 0.6) is 0 Å². The van der Waals surface area contributed by atoms with E-state index in [9.17, 15) is 0 Å². The molecule has 0 saturated carbocycles. The smallest absolute Gasteiger partial charge is 0.0323 e. The van der Waals surface area contributed by atoms with Gasteiger partial charge in [-0.1, -0.05) is 15.9 Å². The molecular formula is C7H6Br2IN. The lowest BCUT2D eigenvalue weighted by atomic mass is 10.2. The van der Waals surface area contributed by atoms with Crippen molar-refractivity contribution < 1.29 is 0 Å². The molecule has 0 bridgehead atoms. The van der Waals surface area contributed by atoms with Gasteiger partial charge in [-0.2, -0.15) is 0 Å². The molecule has 0 amide bonds. The summed E-state index contributed by atoms with van der Waals surface area (Å²) in [6.07, 6.45) is 0. The van der Waals surface area contributed by atoms with Crippen molar-refractivity contribution in [3.8, 4) is 0 Å². The third-order valence-electron chi connectivity index (χ3n) is 1.29. The number of rotatable bonds is 1. The minimum atomic E-state index is 0.580. The zero-order chi connectivity index (χ0) is 8.43. The maximum atomic E-state index is 5.54. The van der Waals surface area contributed by atoms with E-state index in [2.05, 4.69) is 54.5 Å². The topological polar surface area (TPSA) is 26.0 Å². The molecule has 60 valence electrons. The van der Waals surface area contributed by atoms with E-state index in [1.54, 1.807) is 0 Å². The average Bonchev–Trinajstić information content (AvgIpc) is 1.96. The fraction of sp³-hybridized carbons (Fsp3) is 0.143. The van der Waals surface area contributed by atoms with E-state index in [1.807, 2.05) is 12.1 Å². The van der Waals surface area contributed by atoms with Gasteiger partial charge in [0.05, 0.1) is 0 Å². The zero-order valence-electron chi connectivity index (χ0n) is 5.57. The van der Waals surface area contributed by atoms with E-state index in [0.717, 1.165) is 14.5 Å². The van der Waals surface area contributed by atoms with Crippen molar-refractivity contribution in [2.45, 2.75) is 6.54 Å². The second kappa shape index (κ2) is 4.20. The van der Waals surface area contributed by atoms with Gasteiger partial charge in [0.2, 0.25) is 0 Å². The summed E-state index contributed by atoms with van der Waals surface area (Å²) in [4.78, 5) is 0. The Morgan fingerprint density at radius 1 is 1.36 bits per heavy atom. The van der Waals surface area contributed by atoms with Crippen LogP contribution in [-0.4, -0.2) is 0 Å². The molecule has 1 rings (SSSR count). The van der Waals surface area contributed by atoms with E-state index in [-0.39, 0.29) is 0 Å². The number of halogens is 3. The van der Waals surface area contributed by atoms with Gasteiger partial charge in [-0.05, 0) is 56.2 Å². The predicted molar refractivity (Wildman–Crippen MR) is 62.5 cm³/mol. The quantitative estimate of drug-likeness (QED) is 0.578. The molecule has 0 fully saturated rings. The predicted octanol–water partition coefficient (Wildman–Crippen LogP) is 3.27. The summed E-state index contributed by atoms with van der Waals surface area (Å²) in [5.41, 5.74) is 6.70. The van der Waals surface area contributed by atoms with Crippen LogP contribution in [0.2, 0.25) is 0 Å². The van der Waals surface area contributed by atoms with E-state index in [0.29, 0.717) is 6.54 Å². The molecule has 1 nitrogen and oxygen atoms in total. The summed E-state index contributed by atoms with van der Waals surface area (Å²) >= 11 is 9.12. The van der Waals surface area contributed by atoms with Gasteiger partial charge in [0.25, 0.3) is 0 Å². The van der Waals surface area contributed by atoms with Gasteiger partial charge in [0.15, 0.2) is 0 Å². The molecule has 1 aromatic rings. The van der Waals surface area contributed by atoms with E-state index < -0.39 is 0 Å². The van der Waals surface area contributed by atoms with Crippen LogP contribution in [0.25, 0.3) is 0 Å². The van der Waals surface area contributed by atoms with Gasteiger partial charge < -0.3 is 5.73 Å². The zero-order valence-corrected chi connectivity index (χ0v) is 10.9. The lowest BCUT2D eigenvalue weighted by Gasteiger charge is -2.03. The van der Waals surface area contributed by atoms with Gasteiger partial charge >= 0.3 is 0 Å². The Morgan fingerprint density at radius 3 is 2.55 bits per heavy atom. The van der Waals surface area contributed by atoms with Gasteiger partial charge in [-0.25, -0.2) is 0 Å². The molecule has 1 aromatic carbocycles. The Kier molecular flexibility index (Phi) is 3.80. The second-order valence-corrected chi connectivity index (χ2v) is 4.91. The third-order valence-corrected chi connectivity index (χ3v) is 4.39. The second-order valence-electron chi connectivity index (χ2n) is 2.06. The fourth-order valence-electron chi connectivity index (χ4n) is 0.758. The molecule has 2 N–H and O–H groups in total. The van der Waals surface area contributed by atoms with Crippen molar-refractivity contribution in [1.29, 1.82) is 0 Å². The highest BCUT2D eigenvalue weighted by atomic mass is 127. The van der Waals surface area contributed by atoms with E-state index in [1.165, 1.54) is 3.57 Å². The molecule has 0 aliphatic carbocycles. The summed E-state index contributed by atoms with van der Waals surface area (Å²) < 4.78 is 3.34. The highest BCUT2D eigenvalue weighted by Crippen LogP contribution is 2.26. The lowest BCUT2D eigenvalue weighted by Crippen LogP contribution is -1.99. The van der Waals surface area contributed by atoms with Gasteiger partial charge in [0, 0.05) is 19.1 Å². The minimum absolute atomic E-state index is 0.580. The average molecular weight is 391 g/mol. The summed E-state index contributed by atoms with van der Waals surface area (Å²) in [5, 5.41) is 0. The van der Waals surface area contributed by atoms with Crippen LogP contribution in [0.3, 0.4) is 0 Å². The lowest BCUT2D eigenvalue weighted by molar-refractivity contribution is 1.05. The molecule has 0 aliphatic rings. The van der Waals surface area contributed by atoms with Crippen molar-refractivity contribution in [2.75, 3.05) is 0 Å². The minimum Gasteiger partial charge on any atom is -0.326 e. The number of benzene rings is 1. The normalized spacial score (nSPS) is 10.2. The molecule has 0 spiro atoms. The van der Waals surface area contributed by atoms with Gasteiger partial charge in [-0.3, -0.25) is 0 Å². The van der Waals surface area contributed by atoms with Crippen molar-refractivity contribution in [1.82, 2.24) is 0 Å². The fourth-order valence-corrected chi connectivity index (χ4v) is 2.60. The molecule has 0 atom stereocenters. The largest absolute Gasteiger partial charge is 0.326 e. The molecule has 4 heteroatoms. The first-order valence-corrected chi connectivity index (χ1v) is 5.65.